The zero-order valence-corrected chi connectivity index (χ0v) is 16.6. The summed E-state index contributed by atoms with van der Waals surface area (Å²) in [7, 11) is 0. The van der Waals surface area contributed by atoms with Crippen molar-refractivity contribution in [2.24, 2.45) is 0 Å². The van der Waals surface area contributed by atoms with Crippen molar-refractivity contribution in [3.63, 3.8) is 0 Å². The second-order valence-electron chi connectivity index (χ2n) is 7.59. The molecular formula is C23H25FN4O2. The quantitative estimate of drug-likeness (QED) is 0.581. The molecule has 0 bridgehead atoms. The summed E-state index contributed by atoms with van der Waals surface area (Å²) in [6, 6.07) is 17.4. The summed E-state index contributed by atoms with van der Waals surface area (Å²) >= 11 is 0. The van der Waals surface area contributed by atoms with Gasteiger partial charge >= 0.3 is 0 Å². The van der Waals surface area contributed by atoms with Crippen molar-refractivity contribution in [2.45, 2.75) is 24.5 Å². The summed E-state index contributed by atoms with van der Waals surface area (Å²) in [5.41, 5.74) is 0.622. The Balaban J connectivity index is 1.37. The Labute approximate surface area is 175 Å². The molecule has 0 spiro atoms. The van der Waals surface area contributed by atoms with Crippen LogP contribution in [-0.2, 0) is 5.60 Å². The molecule has 1 fully saturated rings. The van der Waals surface area contributed by atoms with Gasteiger partial charge in [0.2, 0.25) is 0 Å². The number of hydrogen-bond donors (Lipinski definition) is 3. The summed E-state index contributed by atoms with van der Waals surface area (Å²) in [6.45, 7) is 1.58. The second kappa shape index (κ2) is 8.77. The average molecular weight is 408 g/mol. The normalized spacial score (nSPS) is 16.8. The minimum absolute atomic E-state index is 0.307. The van der Waals surface area contributed by atoms with E-state index in [1.807, 2.05) is 36.4 Å². The molecule has 1 saturated heterocycles. The van der Waals surface area contributed by atoms with E-state index in [-0.39, 0.29) is 5.82 Å². The molecule has 156 valence electrons. The highest BCUT2D eigenvalue weighted by atomic mass is 19.1. The van der Waals surface area contributed by atoms with Crippen molar-refractivity contribution in [1.29, 1.82) is 0 Å². The molecule has 0 aliphatic carbocycles. The van der Waals surface area contributed by atoms with Crippen LogP contribution in [0.2, 0.25) is 0 Å². The predicted octanol–water partition coefficient (Wildman–Crippen LogP) is 3.25. The first-order chi connectivity index (χ1) is 14.5. The van der Waals surface area contributed by atoms with Gasteiger partial charge in [0.05, 0.1) is 11.7 Å². The van der Waals surface area contributed by atoms with E-state index in [1.54, 1.807) is 12.1 Å². The lowest BCUT2D eigenvalue weighted by Gasteiger charge is -2.39. The van der Waals surface area contributed by atoms with Crippen LogP contribution in [0.15, 0.2) is 67.0 Å². The molecule has 3 N–H and O–H groups in total. The van der Waals surface area contributed by atoms with Gasteiger partial charge in [0.15, 0.2) is 0 Å². The SMILES string of the molecule is O[C@@H](CNc1cc(N2CCC(O)(c3ccc(F)cc3)CC2)ncn1)c1ccccc1. The number of rotatable bonds is 6. The Morgan fingerprint density at radius 1 is 1.03 bits per heavy atom. The average Bonchev–Trinajstić information content (AvgIpc) is 2.79. The van der Waals surface area contributed by atoms with Crippen LogP contribution in [0, 0.1) is 5.82 Å². The minimum Gasteiger partial charge on any atom is -0.387 e. The maximum Gasteiger partial charge on any atom is 0.134 e. The number of benzene rings is 2. The van der Waals surface area contributed by atoms with Crippen LogP contribution in [0.25, 0.3) is 0 Å². The summed E-state index contributed by atoms with van der Waals surface area (Å²) in [5, 5.41) is 24.5. The van der Waals surface area contributed by atoms with Crippen molar-refractivity contribution in [3.05, 3.63) is 83.9 Å². The topological polar surface area (TPSA) is 81.5 Å². The molecule has 1 aliphatic rings. The van der Waals surface area contributed by atoms with E-state index < -0.39 is 11.7 Å². The molecule has 7 heteroatoms. The van der Waals surface area contributed by atoms with Gasteiger partial charge < -0.3 is 20.4 Å². The predicted molar refractivity (Wildman–Crippen MR) is 114 cm³/mol. The van der Waals surface area contributed by atoms with Crippen molar-refractivity contribution in [3.8, 4) is 0 Å². The summed E-state index contributed by atoms with van der Waals surface area (Å²) in [6.07, 6.45) is 1.91. The van der Waals surface area contributed by atoms with E-state index in [0.29, 0.717) is 38.3 Å². The Hall–Kier alpha value is -3.03. The number of anilines is 2. The van der Waals surface area contributed by atoms with Crippen LogP contribution in [0.5, 0.6) is 0 Å². The Morgan fingerprint density at radius 2 is 1.73 bits per heavy atom. The molecule has 1 atom stereocenters. The first-order valence-electron chi connectivity index (χ1n) is 10.1. The van der Waals surface area contributed by atoms with Gasteiger partial charge in [-0.2, -0.15) is 0 Å². The molecule has 1 aromatic heterocycles. The van der Waals surface area contributed by atoms with E-state index in [9.17, 15) is 14.6 Å². The van der Waals surface area contributed by atoms with Gasteiger partial charge in [0, 0.05) is 25.7 Å². The van der Waals surface area contributed by atoms with Crippen molar-refractivity contribution in [1.82, 2.24) is 9.97 Å². The molecule has 6 nitrogen and oxygen atoms in total. The number of hydrogen-bond acceptors (Lipinski definition) is 6. The first-order valence-corrected chi connectivity index (χ1v) is 10.1. The Morgan fingerprint density at radius 3 is 2.43 bits per heavy atom. The summed E-state index contributed by atoms with van der Waals surface area (Å²) in [4.78, 5) is 10.7. The molecule has 1 aliphatic heterocycles. The monoisotopic (exact) mass is 408 g/mol. The molecule has 0 unspecified atom stereocenters. The lowest BCUT2D eigenvalue weighted by Crippen LogP contribution is -2.43. The number of piperidine rings is 1. The molecule has 4 rings (SSSR count). The third kappa shape index (κ3) is 4.58. The smallest absolute Gasteiger partial charge is 0.134 e. The van der Waals surface area contributed by atoms with Crippen molar-refractivity contribution < 1.29 is 14.6 Å². The standard InChI is InChI=1S/C23H25FN4O2/c24-19-8-6-18(7-9-19)23(30)10-12-28(13-11-23)22-14-21(26-16-27-22)25-15-20(29)17-4-2-1-3-5-17/h1-9,14,16,20,29-30H,10-13,15H2,(H,25,26,27)/t20-/m0/s1. The second-order valence-corrected chi connectivity index (χ2v) is 7.59. The maximum atomic E-state index is 13.2. The minimum atomic E-state index is -0.960. The van der Waals surface area contributed by atoms with E-state index in [1.165, 1.54) is 18.5 Å². The molecular weight excluding hydrogens is 383 g/mol. The molecule has 0 amide bonds. The Kier molecular flexibility index (Phi) is 5.92. The van der Waals surface area contributed by atoms with E-state index in [0.717, 1.165) is 16.9 Å². The number of nitrogens with one attached hydrogen (secondary N) is 1. The molecule has 0 saturated carbocycles. The van der Waals surface area contributed by atoms with Crippen LogP contribution >= 0.6 is 0 Å². The van der Waals surface area contributed by atoms with Gasteiger partial charge in [0.1, 0.15) is 23.8 Å². The van der Waals surface area contributed by atoms with Crippen LogP contribution < -0.4 is 10.2 Å². The first kappa shape index (κ1) is 20.3. The van der Waals surface area contributed by atoms with E-state index in [4.69, 9.17) is 0 Å². The third-order valence-corrected chi connectivity index (χ3v) is 5.61. The third-order valence-electron chi connectivity index (χ3n) is 5.61. The van der Waals surface area contributed by atoms with Gasteiger partial charge in [0.25, 0.3) is 0 Å². The molecule has 0 radical (unpaired) electrons. The van der Waals surface area contributed by atoms with Gasteiger partial charge in [-0.3, -0.25) is 0 Å². The van der Waals surface area contributed by atoms with Crippen LogP contribution in [0.1, 0.15) is 30.1 Å². The number of aliphatic hydroxyl groups excluding tert-OH is 1. The number of aliphatic hydroxyl groups is 2. The summed E-state index contributed by atoms with van der Waals surface area (Å²) in [5.74, 6) is 1.09. The van der Waals surface area contributed by atoms with Crippen molar-refractivity contribution >= 4 is 11.6 Å². The molecule has 2 heterocycles. The van der Waals surface area contributed by atoms with Crippen LogP contribution in [-0.4, -0.2) is 39.8 Å². The lowest BCUT2D eigenvalue weighted by molar-refractivity contribution is 0.0116. The Bertz CT molecular complexity index is 960. The van der Waals surface area contributed by atoms with Gasteiger partial charge in [-0.1, -0.05) is 42.5 Å². The highest BCUT2D eigenvalue weighted by molar-refractivity contribution is 5.49. The van der Waals surface area contributed by atoms with Gasteiger partial charge in [-0.15, -0.1) is 0 Å². The van der Waals surface area contributed by atoms with E-state index >= 15 is 0 Å². The van der Waals surface area contributed by atoms with Crippen LogP contribution in [0.3, 0.4) is 0 Å². The largest absolute Gasteiger partial charge is 0.387 e. The number of nitrogens with zero attached hydrogens (tertiary/aromatic N) is 3. The fourth-order valence-electron chi connectivity index (χ4n) is 3.77. The summed E-state index contributed by atoms with van der Waals surface area (Å²) < 4.78 is 13.2. The molecule has 3 aromatic rings. The molecule has 2 aromatic carbocycles. The van der Waals surface area contributed by atoms with Crippen LogP contribution in [0.4, 0.5) is 16.0 Å². The highest BCUT2D eigenvalue weighted by Crippen LogP contribution is 2.34. The number of aromatic nitrogens is 2. The fourth-order valence-corrected chi connectivity index (χ4v) is 3.77. The zero-order valence-electron chi connectivity index (χ0n) is 16.6. The number of halogens is 1. The fraction of sp³-hybridized carbons (Fsp3) is 0.304. The zero-order chi connectivity index (χ0) is 21.0. The molecule has 30 heavy (non-hydrogen) atoms. The lowest BCUT2D eigenvalue weighted by atomic mass is 9.84. The van der Waals surface area contributed by atoms with Gasteiger partial charge in [-0.25, -0.2) is 14.4 Å². The van der Waals surface area contributed by atoms with Gasteiger partial charge in [-0.05, 0) is 36.1 Å². The van der Waals surface area contributed by atoms with E-state index in [2.05, 4.69) is 20.2 Å². The maximum absolute atomic E-state index is 13.2. The highest BCUT2D eigenvalue weighted by Gasteiger charge is 2.34. The van der Waals surface area contributed by atoms with Crippen molar-refractivity contribution in [2.75, 3.05) is 29.9 Å².